The topological polar surface area (TPSA) is 112 Å². The monoisotopic (exact) mass is 404 g/mol. The average Bonchev–Trinajstić information content (AvgIpc) is 2.72. The number of aromatic carboxylic acids is 2. The van der Waals surface area contributed by atoms with Crippen molar-refractivity contribution in [2.75, 3.05) is 27.4 Å². The van der Waals surface area contributed by atoms with Crippen molar-refractivity contribution >= 4 is 11.9 Å². The van der Waals surface area contributed by atoms with Crippen LogP contribution in [-0.4, -0.2) is 49.6 Å². The lowest BCUT2D eigenvalue weighted by atomic mass is 10.2. The maximum Gasteiger partial charge on any atom is 0.339 e. The summed E-state index contributed by atoms with van der Waals surface area (Å²) in [6, 6.07) is 9.39. The Kier molecular flexibility index (Phi) is 8.14. The van der Waals surface area contributed by atoms with Crippen molar-refractivity contribution in [1.29, 1.82) is 0 Å². The van der Waals surface area contributed by atoms with Crippen molar-refractivity contribution in [2.45, 2.75) is 19.3 Å². The number of carboxylic acids is 2. The molecule has 2 aromatic carbocycles. The zero-order valence-electron chi connectivity index (χ0n) is 16.3. The van der Waals surface area contributed by atoms with Crippen LogP contribution in [0.1, 0.15) is 40.0 Å². The van der Waals surface area contributed by atoms with Gasteiger partial charge in [-0.05, 0) is 43.5 Å². The van der Waals surface area contributed by atoms with Gasteiger partial charge in [-0.2, -0.15) is 0 Å². The Bertz CT molecular complexity index is 777. The molecule has 0 aliphatic rings. The van der Waals surface area contributed by atoms with E-state index in [2.05, 4.69) is 0 Å². The maximum atomic E-state index is 11.3. The number of ether oxygens (including phenoxy) is 4. The summed E-state index contributed by atoms with van der Waals surface area (Å²) in [6.07, 6.45) is 2.07. The summed E-state index contributed by atoms with van der Waals surface area (Å²) in [4.78, 5) is 22.6. The molecule has 2 aromatic rings. The van der Waals surface area contributed by atoms with Crippen LogP contribution in [0.4, 0.5) is 0 Å². The van der Waals surface area contributed by atoms with Gasteiger partial charge >= 0.3 is 11.9 Å². The van der Waals surface area contributed by atoms with Crippen LogP contribution in [0.2, 0.25) is 0 Å². The smallest absolute Gasteiger partial charge is 0.339 e. The Hall–Kier alpha value is -3.42. The molecule has 156 valence electrons. The maximum absolute atomic E-state index is 11.3. The number of para-hydroxylation sites is 2. The van der Waals surface area contributed by atoms with Crippen molar-refractivity contribution in [3.05, 3.63) is 47.5 Å². The second-order valence-electron chi connectivity index (χ2n) is 6.04. The molecule has 0 heterocycles. The molecule has 2 rings (SSSR count). The van der Waals surface area contributed by atoms with E-state index in [-0.39, 0.29) is 22.6 Å². The molecule has 8 heteroatoms. The Balaban J connectivity index is 1.82. The molecule has 0 amide bonds. The Morgan fingerprint density at radius 3 is 1.48 bits per heavy atom. The number of hydrogen-bond donors (Lipinski definition) is 2. The van der Waals surface area contributed by atoms with Crippen LogP contribution in [0, 0.1) is 0 Å². The van der Waals surface area contributed by atoms with E-state index in [4.69, 9.17) is 18.9 Å². The fourth-order valence-electron chi connectivity index (χ4n) is 2.72. The standard InChI is InChI=1S/C21H24O8/c1-26-16-10-6-8-14(20(22)23)18(16)28-12-4-3-5-13-29-19-15(21(24)25)9-7-11-17(19)27-2/h6-11H,3-5,12-13H2,1-2H3,(H,22,23)(H,24,25). The van der Waals surface area contributed by atoms with Gasteiger partial charge in [-0.3, -0.25) is 0 Å². The second kappa shape index (κ2) is 10.8. The molecular weight excluding hydrogens is 380 g/mol. The van der Waals surface area contributed by atoms with Crippen molar-refractivity contribution in [1.82, 2.24) is 0 Å². The molecule has 0 aliphatic carbocycles. The third-order valence-corrected chi connectivity index (χ3v) is 4.14. The Morgan fingerprint density at radius 1 is 0.724 bits per heavy atom. The van der Waals surface area contributed by atoms with E-state index in [0.717, 1.165) is 6.42 Å². The summed E-state index contributed by atoms with van der Waals surface area (Å²) in [5.41, 5.74) is 0.0927. The zero-order valence-corrected chi connectivity index (χ0v) is 16.3. The van der Waals surface area contributed by atoms with Crippen LogP contribution in [0.3, 0.4) is 0 Å². The first-order chi connectivity index (χ1) is 14.0. The van der Waals surface area contributed by atoms with Crippen molar-refractivity contribution in [2.24, 2.45) is 0 Å². The minimum atomic E-state index is -1.08. The Morgan fingerprint density at radius 2 is 1.14 bits per heavy atom. The predicted octanol–water partition coefficient (Wildman–Crippen LogP) is 3.73. The lowest BCUT2D eigenvalue weighted by Crippen LogP contribution is -2.08. The summed E-state index contributed by atoms with van der Waals surface area (Å²) in [7, 11) is 2.91. The quantitative estimate of drug-likeness (QED) is 0.515. The molecule has 0 spiro atoms. The molecule has 0 fully saturated rings. The van der Waals surface area contributed by atoms with Crippen molar-refractivity contribution in [3.63, 3.8) is 0 Å². The minimum Gasteiger partial charge on any atom is -0.493 e. The molecular formula is C21H24O8. The summed E-state index contributed by atoms with van der Waals surface area (Å²) in [5, 5.41) is 18.5. The SMILES string of the molecule is COc1cccc(C(=O)O)c1OCCCCCOc1c(OC)cccc1C(=O)O. The normalized spacial score (nSPS) is 10.3. The van der Waals surface area contributed by atoms with E-state index in [9.17, 15) is 19.8 Å². The van der Waals surface area contributed by atoms with E-state index < -0.39 is 11.9 Å². The van der Waals surface area contributed by atoms with Crippen LogP contribution in [0.15, 0.2) is 36.4 Å². The molecule has 0 aliphatic heterocycles. The number of carboxylic acid groups (broad SMARTS) is 2. The van der Waals surface area contributed by atoms with E-state index in [0.29, 0.717) is 37.6 Å². The van der Waals surface area contributed by atoms with Gasteiger partial charge in [0.2, 0.25) is 0 Å². The third kappa shape index (κ3) is 5.78. The summed E-state index contributed by atoms with van der Waals surface area (Å²) < 4.78 is 21.6. The van der Waals surface area contributed by atoms with Gasteiger partial charge in [0.15, 0.2) is 23.0 Å². The van der Waals surface area contributed by atoms with Gasteiger partial charge < -0.3 is 29.2 Å². The molecule has 0 atom stereocenters. The van der Waals surface area contributed by atoms with Gasteiger partial charge in [-0.1, -0.05) is 12.1 Å². The number of carbonyl (C=O) groups is 2. The van der Waals surface area contributed by atoms with Crippen molar-refractivity contribution < 1.29 is 38.7 Å². The molecule has 0 radical (unpaired) electrons. The molecule has 0 unspecified atom stereocenters. The molecule has 0 saturated heterocycles. The van der Waals surface area contributed by atoms with Gasteiger partial charge in [0.05, 0.1) is 27.4 Å². The van der Waals surface area contributed by atoms with Crippen LogP contribution >= 0.6 is 0 Å². The minimum absolute atomic E-state index is 0.0463. The van der Waals surface area contributed by atoms with E-state index in [1.807, 2.05) is 0 Å². The zero-order chi connectivity index (χ0) is 21.2. The number of methoxy groups -OCH3 is 2. The van der Waals surface area contributed by atoms with Gasteiger partial charge in [0.1, 0.15) is 11.1 Å². The van der Waals surface area contributed by atoms with Crippen LogP contribution in [-0.2, 0) is 0 Å². The number of benzene rings is 2. The summed E-state index contributed by atoms with van der Waals surface area (Å²) >= 11 is 0. The highest BCUT2D eigenvalue weighted by Crippen LogP contribution is 2.32. The number of rotatable bonds is 12. The third-order valence-electron chi connectivity index (χ3n) is 4.14. The van der Waals surface area contributed by atoms with Crippen LogP contribution < -0.4 is 18.9 Å². The molecule has 8 nitrogen and oxygen atoms in total. The van der Waals surface area contributed by atoms with E-state index in [1.165, 1.54) is 26.4 Å². The first-order valence-corrected chi connectivity index (χ1v) is 9.05. The lowest BCUT2D eigenvalue weighted by molar-refractivity contribution is 0.0680. The number of unbranched alkanes of at least 4 members (excludes halogenated alkanes) is 2. The first kappa shape index (κ1) is 21.9. The second-order valence-corrected chi connectivity index (χ2v) is 6.04. The van der Waals surface area contributed by atoms with Gasteiger partial charge in [0.25, 0.3) is 0 Å². The fourth-order valence-corrected chi connectivity index (χ4v) is 2.72. The summed E-state index contributed by atoms with van der Waals surface area (Å²) in [6.45, 7) is 0.630. The largest absolute Gasteiger partial charge is 0.493 e. The van der Waals surface area contributed by atoms with Gasteiger partial charge in [-0.15, -0.1) is 0 Å². The molecule has 0 bridgehead atoms. The van der Waals surface area contributed by atoms with Crippen LogP contribution in [0.25, 0.3) is 0 Å². The highest BCUT2D eigenvalue weighted by molar-refractivity contribution is 5.92. The van der Waals surface area contributed by atoms with Crippen LogP contribution in [0.5, 0.6) is 23.0 Å². The van der Waals surface area contributed by atoms with Gasteiger partial charge in [-0.25, -0.2) is 9.59 Å². The van der Waals surface area contributed by atoms with E-state index >= 15 is 0 Å². The highest BCUT2D eigenvalue weighted by atomic mass is 16.5. The fraction of sp³-hybridized carbons (Fsp3) is 0.333. The lowest BCUT2D eigenvalue weighted by Gasteiger charge is -2.14. The molecule has 2 N–H and O–H groups in total. The average molecular weight is 404 g/mol. The highest BCUT2D eigenvalue weighted by Gasteiger charge is 2.17. The summed E-state index contributed by atoms with van der Waals surface area (Å²) in [5.74, 6) is -1.02. The van der Waals surface area contributed by atoms with Crippen molar-refractivity contribution in [3.8, 4) is 23.0 Å². The number of hydrogen-bond acceptors (Lipinski definition) is 6. The Labute approximate surface area is 168 Å². The predicted molar refractivity (Wildman–Crippen MR) is 105 cm³/mol. The molecule has 0 aromatic heterocycles. The molecule has 0 saturated carbocycles. The van der Waals surface area contributed by atoms with E-state index in [1.54, 1.807) is 24.3 Å². The molecule has 29 heavy (non-hydrogen) atoms. The van der Waals surface area contributed by atoms with Gasteiger partial charge in [0, 0.05) is 0 Å². The first-order valence-electron chi connectivity index (χ1n) is 9.05.